The molecular formula is C50H41F3N10S2. The molecule has 0 saturated heterocycles. The van der Waals surface area contributed by atoms with Crippen LogP contribution in [0.3, 0.4) is 0 Å². The summed E-state index contributed by atoms with van der Waals surface area (Å²) in [5.41, 5.74) is 11.9. The van der Waals surface area contributed by atoms with Gasteiger partial charge >= 0.3 is 6.18 Å². The Morgan fingerprint density at radius 2 is 1.00 bits per heavy atom. The number of benzene rings is 4. The van der Waals surface area contributed by atoms with Gasteiger partial charge in [0, 0.05) is 70.9 Å². The molecule has 0 spiro atoms. The van der Waals surface area contributed by atoms with Gasteiger partial charge in [-0.25, -0.2) is 30.0 Å². The van der Waals surface area contributed by atoms with E-state index >= 15 is 0 Å². The van der Waals surface area contributed by atoms with Crippen LogP contribution in [0, 0.1) is 20.8 Å². The van der Waals surface area contributed by atoms with Gasteiger partial charge in [-0.3, -0.25) is 9.97 Å². The summed E-state index contributed by atoms with van der Waals surface area (Å²) in [7, 11) is 0. The Bertz CT molecular complexity index is 3350. The van der Waals surface area contributed by atoms with E-state index in [0.29, 0.717) is 33.7 Å². The van der Waals surface area contributed by atoms with Gasteiger partial charge in [0.15, 0.2) is 0 Å². The molecule has 4 aromatic carbocycles. The Labute approximate surface area is 381 Å². The summed E-state index contributed by atoms with van der Waals surface area (Å²) in [6.45, 7) is 11.5. The minimum atomic E-state index is -4.50. The molecule has 0 radical (unpaired) electrons. The number of aryl methyl sites for hydroxylation is 5. The number of thiazole rings is 2. The van der Waals surface area contributed by atoms with Crippen molar-refractivity contribution in [3.8, 4) is 45.3 Å². The molecule has 6 aromatic heterocycles. The molecule has 0 saturated carbocycles. The van der Waals surface area contributed by atoms with E-state index in [0.717, 1.165) is 97.2 Å². The van der Waals surface area contributed by atoms with Gasteiger partial charge in [-0.15, -0.1) is 22.7 Å². The summed E-state index contributed by atoms with van der Waals surface area (Å²) < 4.78 is 46.1. The van der Waals surface area contributed by atoms with Gasteiger partial charge in [0.05, 0.1) is 50.4 Å². The second-order valence-electron chi connectivity index (χ2n) is 15.7. The number of hydrogen-bond donors (Lipinski definition) is 0. The van der Waals surface area contributed by atoms with Gasteiger partial charge in [0.1, 0.15) is 11.6 Å². The molecular weight excluding hydrogens is 862 g/mol. The molecule has 6 heterocycles. The smallest absolute Gasteiger partial charge is 0.324 e. The van der Waals surface area contributed by atoms with E-state index in [1.54, 1.807) is 30.9 Å². The number of pyridine rings is 2. The Balaban J connectivity index is 1.23. The van der Waals surface area contributed by atoms with Crippen LogP contribution in [0.1, 0.15) is 36.1 Å². The molecule has 0 bridgehead atoms. The molecule has 324 valence electrons. The quantitative estimate of drug-likeness (QED) is 0.119. The van der Waals surface area contributed by atoms with E-state index < -0.39 is 11.7 Å². The van der Waals surface area contributed by atoms with Crippen molar-refractivity contribution < 1.29 is 13.2 Å². The summed E-state index contributed by atoms with van der Waals surface area (Å²) in [4.78, 5) is 29.4. The summed E-state index contributed by atoms with van der Waals surface area (Å²) in [5, 5.41) is 9.56. The maximum Gasteiger partial charge on any atom is 0.416 e. The SMILES string of the molecule is CCn1c(-c2cccc(C)c2)nc2cc(N(c3nc(-c4ccncc4)cs3)N(c3nc(-c4ccncc4)cs3)c3cc4nc(-c5cccc(C(F)(F)F)c5)n(CC)c4cc3C)c(C)cc21. The van der Waals surface area contributed by atoms with Crippen molar-refractivity contribution in [1.29, 1.82) is 0 Å². The molecule has 10 rings (SSSR count). The zero-order chi connectivity index (χ0) is 45.0. The van der Waals surface area contributed by atoms with Crippen molar-refractivity contribution in [3.63, 3.8) is 0 Å². The van der Waals surface area contributed by atoms with Crippen molar-refractivity contribution in [3.05, 3.63) is 155 Å². The number of halogens is 3. The Hall–Kier alpha value is -7.23. The number of fused-ring (bicyclic) bond motifs is 2. The van der Waals surface area contributed by atoms with Crippen LogP contribution >= 0.6 is 22.7 Å². The zero-order valence-corrected chi connectivity index (χ0v) is 37.7. The number of nitrogens with zero attached hydrogens (tertiary/aromatic N) is 10. The fourth-order valence-electron chi connectivity index (χ4n) is 8.31. The molecule has 0 amide bonds. The van der Waals surface area contributed by atoms with E-state index in [-0.39, 0.29) is 0 Å². The summed E-state index contributed by atoms with van der Waals surface area (Å²) in [6, 6.07) is 29.9. The molecule has 10 nitrogen and oxygen atoms in total. The highest BCUT2D eigenvalue weighted by atomic mass is 32.1. The maximum atomic E-state index is 14.0. The molecule has 10 aromatic rings. The lowest BCUT2D eigenvalue weighted by Crippen LogP contribution is -2.36. The highest BCUT2D eigenvalue weighted by Gasteiger charge is 2.33. The van der Waals surface area contributed by atoms with Crippen LogP contribution in [-0.4, -0.2) is 39.0 Å². The molecule has 65 heavy (non-hydrogen) atoms. The molecule has 0 N–H and O–H groups in total. The van der Waals surface area contributed by atoms with Gasteiger partial charge in [0.25, 0.3) is 0 Å². The van der Waals surface area contributed by atoms with Crippen LogP contribution < -0.4 is 10.0 Å². The third-order valence-corrected chi connectivity index (χ3v) is 13.1. The highest BCUT2D eigenvalue weighted by molar-refractivity contribution is 7.15. The zero-order valence-electron chi connectivity index (χ0n) is 36.0. The Kier molecular flexibility index (Phi) is 10.7. The highest BCUT2D eigenvalue weighted by Crippen LogP contribution is 2.46. The molecule has 0 unspecified atom stereocenters. The molecule has 0 fully saturated rings. The first kappa shape index (κ1) is 41.8. The number of aromatic nitrogens is 8. The van der Waals surface area contributed by atoms with E-state index in [1.165, 1.54) is 28.7 Å². The van der Waals surface area contributed by atoms with Crippen LogP contribution in [0.2, 0.25) is 0 Å². The fourth-order valence-corrected chi connectivity index (χ4v) is 9.98. The second-order valence-corrected chi connectivity index (χ2v) is 17.4. The summed E-state index contributed by atoms with van der Waals surface area (Å²) in [6.07, 6.45) is 2.50. The molecule has 15 heteroatoms. The van der Waals surface area contributed by atoms with Crippen molar-refractivity contribution in [2.45, 2.75) is 53.9 Å². The third kappa shape index (κ3) is 7.69. The number of anilines is 4. The molecule has 0 aliphatic carbocycles. The minimum absolute atomic E-state index is 0.379. The largest absolute Gasteiger partial charge is 0.416 e. The summed E-state index contributed by atoms with van der Waals surface area (Å²) >= 11 is 2.98. The van der Waals surface area contributed by atoms with Gasteiger partial charge in [0.2, 0.25) is 10.3 Å². The normalized spacial score (nSPS) is 11.8. The predicted molar refractivity (Wildman–Crippen MR) is 256 cm³/mol. The molecule has 0 aliphatic rings. The number of hydrogen-bond acceptors (Lipinski definition) is 10. The lowest BCUT2D eigenvalue weighted by Gasteiger charge is -2.36. The van der Waals surface area contributed by atoms with Gasteiger partial charge in [-0.05, 0) is 112 Å². The average molecular weight is 903 g/mol. The second kappa shape index (κ2) is 16.7. The first-order valence-electron chi connectivity index (χ1n) is 21.1. The van der Waals surface area contributed by atoms with E-state index in [4.69, 9.17) is 19.9 Å². The maximum absolute atomic E-state index is 14.0. The van der Waals surface area contributed by atoms with Gasteiger partial charge in [-0.1, -0.05) is 35.9 Å². The van der Waals surface area contributed by atoms with Crippen LogP contribution in [0.5, 0.6) is 0 Å². The first-order valence-corrected chi connectivity index (χ1v) is 22.8. The van der Waals surface area contributed by atoms with E-state index in [9.17, 15) is 13.2 Å². The first-order chi connectivity index (χ1) is 31.5. The number of rotatable bonds is 11. The topological polar surface area (TPSA) is 93.7 Å². The van der Waals surface area contributed by atoms with Crippen LogP contribution in [-0.2, 0) is 19.3 Å². The van der Waals surface area contributed by atoms with Crippen molar-refractivity contribution in [2.75, 3.05) is 10.0 Å². The van der Waals surface area contributed by atoms with E-state index in [1.807, 2.05) is 59.5 Å². The average Bonchev–Trinajstić information content (AvgIpc) is 4.14. The van der Waals surface area contributed by atoms with E-state index in [2.05, 4.69) is 87.8 Å². The molecule has 0 aliphatic heterocycles. The summed E-state index contributed by atoms with van der Waals surface area (Å²) in [5.74, 6) is 1.33. The van der Waals surface area contributed by atoms with Crippen molar-refractivity contribution >= 4 is 66.4 Å². The molecule has 0 atom stereocenters. The number of alkyl halides is 3. The van der Waals surface area contributed by atoms with Crippen LogP contribution in [0.25, 0.3) is 67.4 Å². The monoisotopic (exact) mass is 902 g/mol. The Morgan fingerprint density at radius 1 is 0.538 bits per heavy atom. The lowest BCUT2D eigenvalue weighted by molar-refractivity contribution is -0.137. The van der Waals surface area contributed by atoms with Crippen molar-refractivity contribution in [1.82, 2.24) is 39.0 Å². The van der Waals surface area contributed by atoms with Gasteiger partial charge < -0.3 is 9.13 Å². The Morgan fingerprint density at radius 3 is 1.45 bits per heavy atom. The van der Waals surface area contributed by atoms with Crippen molar-refractivity contribution in [2.24, 2.45) is 0 Å². The lowest BCUT2D eigenvalue weighted by atomic mass is 10.1. The predicted octanol–water partition coefficient (Wildman–Crippen LogP) is 13.6. The van der Waals surface area contributed by atoms with Gasteiger partial charge in [-0.2, -0.15) is 13.2 Å². The van der Waals surface area contributed by atoms with Crippen LogP contribution in [0.15, 0.2) is 133 Å². The third-order valence-electron chi connectivity index (χ3n) is 11.4. The number of hydrazine groups is 1. The van der Waals surface area contributed by atoms with Crippen LogP contribution in [0.4, 0.5) is 34.8 Å². The fraction of sp³-hybridized carbons (Fsp3) is 0.160. The minimum Gasteiger partial charge on any atom is -0.324 e. The standard InChI is InChI=1S/C50H41F3N10S2/c1-6-60-44-23-31(4)42(26-38(44)56-46(60)35-11-8-10-30(3)22-35)62(48-58-40(28-64-48)33-14-18-54-19-15-33)63(49-59-41(29-65-49)34-16-20-55-21-17-34)43-27-39-45(24-32(43)5)61(7-2)47(57-39)36-12-9-13-37(25-36)50(51,52)53/h8-29H,6-7H2,1-5H3. The number of imidazole rings is 2.